The number of amides is 2. The number of piperidine rings is 2. The second-order valence-electron chi connectivity index (χ2n) is 24.2. The molecule has 4 aliphatic heterocycles. The van der Waals surface area contributed by atoms with E-state index < -0.39 is 66.9 Å². The van der Waals surface area contributed by atoms with Crippen LogP contribution < -0.4 is 11.5 Å². The van der Waals surface area contributed by atoms with Crippen molar-refractivity contribution in [2.75, 3.05) is 14.1 Å². The summed E-state index contributed by atoms with van der Waals surface area (Å²) >= 11 is 6.52. The van der Waals surface area contributed by atoms with Gasteiger partial charge in [0.1, 0.15) is 0 Å². The summed E-state index contributed by atoms with van der Waals surface area (Å²) in [6.07, 6.45) is 17.3. The molecular formula is C60H72Br2F4N10O6S2. The van der Waals surface area contributed by atoms with Gasteiger partial charge < -0.3 is 21.3 Å². The molecule has 6 fully saturated rings. The lowest BCUT2D eigenvalue weighted by atomic mass is 9.94. The van der Waals surface area contributed by atoms with Crippen molar-refractivity contribution in [1.82, 2.24) is 38.0 Å². The van der Waals surface area contributed by atoms with Gasteiger partial charge in [0.2, 0.25) is 31.9 Å². The summed E-state index contributed by atoms with van der Waals surface area (Å²) in [5.74, 6) is -8.33. The summed E-state index contributed by atoms with van der Waals surface area (Å²) < 4.78 is 128. The molecule has 2 saturated carbocycles. The summed E-state index contributed by atoms with van der Waals surface area (Å²) in [5, 5.41) is 10.2. The summed E-state index contributed by atoms with van der Waals surface area (Å²) in [6, 6.07) is 13.9. The van der Waals surface area contributed by atoms with E-state index in [1.165, 1.54) is 108 Å². The number of rotatable bonds is 16. The normalized spacial score (nSPS) is 24.1. The molecule has 4 bridgehead atoms. The van der Waals surface area contributed by atoms with E-state index in [4.69, 9.17) is 11.5 Å². The van der Waals surface area contributed by atoms with Crippen LogP contribution in [0.1, 0.15) is 114 Å². The zero-order valence-electron chi connectivity index (χ0n) is 47.0. The number of carbonyl (C=O) groups excluding carboxylic acids is 2. The minimum atomic E-state index is -4.52. The first-order valence-corrected chi connectivity index (χ1v) is 33.7. The Morgan fingerprint density at radius 3 is 1.19 bits per heavy atom. The Morgan fingerprint density at radius 1 is 0.548 bits per heavy atom. The number of aromatic nitrogens is 4. The number of hydrogen-bond donors (Lipinski definition) is 2. The number of nitrogens with zero attached hydrogens (tertiary/aromatic N) is 8. The van der Waals surface area contributed by atoms with Crippen LogP contribution >= 0.6 is 31.9 Å². The largest absolute Gasteiger partial charge is 0.335 e. The smallest absolute Gasteiger partial charge is 0.298 e. The van der Waals surface area contributed by atoms with Crippen molar-refractivity contribution in [2.45, 2.75) is 186 Å². The number of nitrogens with two attached hydrogens (primary N) is 2. The number of fused-ring (bicyclic) bond motifs is 6. The Bertz CT molecular complexity index is 3360. The Labute approximate surface area is 505 Å². The molecule has 6 aliphatic rings. The number of sulfonamides is 2. The predicted molar refractivity (Wildman–Crippen MR) is 319 cm³/mol. The second-order valence-corrected chi connectivity index (χ2v) is 30.1. The number of benzene rings is 4. The minimum Gasteiger partial charge on any atom is -0.335 e. The predicted octanol–water partition coefficient (Wildman–Crippen LogP) is 10.5. The average Bonchev–Trinajstić information content (AvgIpc) is 4.31. The number of likely N-dealkylation sites (N-methyl/N-ethyl adjacent to an activating group) is 2. The number of halogens is 6. The third-order valence-corrected chi connectivity index (χ3v) is 23.5. The Balaban J connectivity index is 0.000000175. The molecule has 2 aliphatic carbocycles. The van der Waals surface area contributed by atoms with Gasteiger partial charge in [-0.05, 0) is 150 Å². The van der Waals surface area contributed by atoms with Gasteiger partial charge in [-0.15, -0.1) is 0 Å². The third-order valence-electron chi connectivity index (χ3n) is 18.8. The highest BCUT2D eigenvalue weighted by Gasteiger charge is 2.58. The van der Waals surface area contributed by atoms with Crippen LogP contribution in [0.4, 0.5) is 17.6 Å². The van der Waals surface area contributed by atoms with E-state index in [0.717, 1.165) is 63.9 Å². The molecule has 2 amide bonds. The third kappa shape index (κ3) is 11.8. The molecule has 6 heterocycles. The average molecular weight is 1330 g/mol. The van der Waals surface area contributed by atoms with Crippen LogP contribution in [0, 0.1) is 11.8 Å². The van der Waals surface area contributed by atoms with E-state index >= 15 is 17.6 Å². The van der Waals surface area contributed by atoms with Gasteiger partial charge in [-0.2, -0.15) is 36.4 Å². The van der Waals surface area contributed by atoms with Crippen LogP contribution in [-0.2, 0) is 54.6 Å². The molecule has 0 spiro atoms. The maximum absolute atomic E-state index is 16.4. The van der Waals surface area contributed by atoms with E-state index in [9.17, 15) is 26.4 Å². The molecule has 24 heteroatoms. The molecule has 16 nitrogen and oxygen atoms in total. The summed E-state index contributed by atoms with van der Waals surface area (Å²) in [7, 11) is -6.87. The zero-order chi connectivity index (χ0) is 59.6. The molecule has 4 N–H and O–H groups in total. The minimum absolute atomic E-state index is 0.111. The maximum Gasteiger partial charge on any atom is 0.298 e. The Morgan fingerprint density at radius 2 is 0.869 bits per heavy atom. The van der Waals surface area contributed by atoms with Gasteiger partial charge in [-0.1, -0.05) is 81.8 Å². The lowest BCUT2D eigenvalue weighted by Gasteiger charge is -2.42. The number of carbonyl (C=O) groups is 2. The van der Waals surface area contributed by atoms with Crippen LogP contribution in [-0.4, -0.2) is 129 Å². The van der Waals surface area contributed by atoms with Crippen LogP contribution in [0.5, 0.6) is 0 Å². The first kappa shape index (κ1) is 60.9. The van der Waals surface area contributed by atoms with Crippen molar-refractivity contribution < 1.29 is 44.0 Å². The number of hydrogen-bond acceptors (Lipinski definition) is 10. The fourth-order valence-corrected chi connectivity index (χ4v) is 17.6. The van der Waals surface area contributed by atoms with Crippen molar-refractivity contribution >= 4 is 85.5 Å². The van der Waals surface area contributed by atoms with E-state index in [-0.39, 0.29) is 46.0 Å². The van der Waals surface area contributed by atoms with Crippen LogP contribution in [0.3, 0.4) is 0 Å². The number of alkyl halides is 4. The van der Waals surface area contributed by atoms with Crippen molar-refractivity contribution in [3.05, 3.63) is 117 Å². The van der Waals surface area contributed by atoms with E-state index in [1.54, 1.807) is 24.5 Å². The fraction of sp³-hybridized carbons (Fsp3) is 0.533. The quantitative estimate of drug-likeness (QED) is 0.0878. The highest BCUT2D eigenvalue weighted by molar-refractivity contribution is 9.10. The van der Waals surface area contributed by atoms with Crippen molar-refractivity contribution in [1.29, 1.82) is 0 Å². The topological polar surface area (TPSA) is 203 Å². The van der Waals surface area contributed by atoms with Gasteiger partial charge in [0.15, 0.2) is 12.1 Å². The van der Waals surface area contributed by atoms with Crippen molar-refractivity contribution in [3.63, 3.8) is 0 Å². The molecule has 6 aromatic rings. The molecule has 452 valence electrons. The van der Waals surface area contributed by atoms with Gasteiger partial charge in [-0.25, -0.2) is 16.8 Å². The molecule has 0 radical (unpaired) electrons. The lowest BCUT2D eigenvalue weighted by Crippen LogP contribution is -2.61. The highest BCUT2D eigenvalue weighted by Crippen LogP contribution is 2.45. The van der Waals surface area contributed by atoms with Gasteiger partial charge in [0.25, 0.3) is 11.8 Å². The summed E-state index contributed by atoms with van der Waals surface area (Å²) in [4.78, 5) is 30.9. The van der Waals surface area contributed by atoms with E-state index in [2.05, 4.69) is 42.1 Å². The summed E-state index contributed by atoms with van der Waals surface area (Å²) in [6.45, 7) is 1.51. The second kappa shape index (κ2) is 24.0. The van der Waals surface area contributed by atoms with E-state index in [1.807, 2.05) is 9.36 Å². The van der Waals surface area contributed by atoms with Gasteiger partial charge >= 0.3 is 0 Å². The molecule has 4 aromatic carbocycles. The zero-order valence-corrected chi connectivity index (χ0v) is 51.8. The van der Waals surface area contributed by atoms with Crippen molar-refractivity contribution in [2.24, 2.45) is 23.3 Å². The van der Waals surface area contributed by atoms with Gasteiger partial charge in [-0.3, -0.25) is 19.0 Å². The standard InChI is InChI=1S/2C30H36BrF2N5O3S/c2*1-36(42(40,41)26-12-13-27-20(14-26)17-35-37(27)18-19-4-2-3-5-19)28(30(32,33)21-6-8-22(31)9-7-21)29(39)38-24-10-11-25(38)16-23(34)15-24/h2*6-9,12-14,17,19,23-25,28H,2-5,10-11,15-16,18,34H2,1H3/t2*23?,24?,25?,28-/m10/s1. The van der Waals surface area contributed by atoms with Gasteiger partial charge in [0.05, 0.1) is 33.2 Å². The molecule has 12 rings (SSSR count). The highest BCUT2D eigenvalue weighted by atomic mass is 79.9. The van der Waals surface area contributed by atoms with Crippen LogP contribution in [0.15, 0.2) is 116 Å². The molecule has 6 atom stereocenters. The van der Waals surface area contributed by atoms with E-state index in [0.29, 0.717) is 91.5 Å². The first-order valence-electron chi connectivity index (χ1n) is 29.2. The van der Waals surface area contributed by atoms with Gasteiger partial charge in [0, 0.05) is 94.3 Å². The Kier molecular flexibility index (Phi) is 17.4. The molecule has 4 saturated heterocycles. The van der Waals surface area contributed by atoms with Crippen LogP contribution in [0.25, 0.3) is 21.8 Å². The SMILES string of the molecule is CN([C@@H](C(=O)N1C2CCC1CC(N)C2)C(F)(F)c1ccc(Br)cc1)S(=O)(=O)c1ccc2c(cnn2CC2CCCC2)c1.CN([C@H](C(=O)N1C2CCC1CC(N)C2)C(F)(F)c1ccc(Br)cc1)S(=O)(=O)c1ccc2c(cnn2CC2CCCC2)c1. The summed E-state index contributed by atoms with van der Waals surface area (Å²) in [5.41, 5.74) is 13.1. The lowest BCUT2D eigenvalue weighted by molar-refractivity contribution is -0.156. The molecule has 2 aromatic heterocycles. The maximum atomic E-state index is 16.4. The van der Waals surface area contributed by atoms with Crippen LogP contribution in [0.2, 0.25) is 0 Å². The monoisotopic (exact) mass is 1330 g/mol. The van der Waals surface area contributed by atoms with Crippen molar-refractivity contribution in [3.8, 4) is 0 Å². The fourth-order valence-electron chi connectivity index (χ4n) is 14.4. The molecule has 4 unspecified atom stereocenters. The first-order chi connectivity index (χ1) is 39.9. The molecular weight excluding hydrogens is 1260 g/mol. The Hall–Kier alpha value is -4.82. The molecule has 84 heavy (non-hydrogen) atoms.